The quantitative estimate of drug-likeness (QED) is 0.473. The van der Waals surface area contributed by atoms with E-state index in [-0.39, 0.29) is 28.7 Å². The number of rotatable bonds is 2. The van der Waals surface area contributed by atoms with Gasteiger partial charge in [-0.15, -0.1) is 0 Å². The number of amides is 2. The van der Waals surface area contributed by atoms with Gasteiger partial charge in [-0.1, -0.05) is 0 Å². The number of imide groups is 1. The Balaban J connectivity index is 2.46. The molecule has 0 radical (unpaired) electrons. The average Bonchev–Trinajstić information content (AvgIpc) is 2.59. The molecule has 0 aliphatic carbocycles. The molecular formula is C14H9N3O6. The van der Waals surface area contributed by atoms with Crippen molar-refractivity contribution in [1.29, 1.82) is 0 Å². The molecule has 116 valence electrons. The molecule has 2 aromatic carbocycles. The number of carbonyl (C=O) groups is 2. The minimum absolute atomic E-state index is 0.00699. The SMILES string of the molecule is CN1C(=O)Cc2cc([N+](=O)[O-])cc3cc([N+](=O)[O-])cc(c23)C1=O. The van der Waals surface area contributed by atoms with Gasteiger partial charge < -0.3 is 0 Å². The summed E-state index contributed by atoms with van der Waals surface area (Å²) in [5.41, 5.74) is -0.354. The molecule has 23 heavy (non-hydrogen) atoms. The molecule has 9 heteroatoms. The van der Waals surface area contributed by atoms with Crippen LogP contribution in [0.3, 0.4) is 0 Å². The van der Waals surface area contributed by atoms with E-state index < -0.39 is 21.7 Å². The van der Waals surface area contributed by atoms with Crippen LogP contribution in [0.2, 0.25) is 0 Å². The maximum atomic E-state index is 12.4. The van der Waals surface area contributed by atoms with E-state index in [1.807, 2.05) is 0 Å². The number of benzene rings is 2. The summed E-state index contributed by atoms with van der Waals surface area (Å²) < 4.78 is 0. The van der Waals surface area contributed by atoms with Crippen LogP contribution < -0.4 is 0 Å². The van der Waals surface area contributed by atoms with Gasteiger partial charge in [0.1, 0.15) is 0 Å². The minimum atomic E-state index is -0.686. The Morgan fingerprint density at radius 2 is 1.57 bits per heavy atom. The van der Waals surface area contributed by atoms with Crippen LogP contribution in [0.5, 0.6) is 0 Å². The lowest BCUT2D eigenvalue weighted by Crippen LogP contribution is -2.32. The molecule has 0 saturated heterocycles. The number of carbonyl (C=O) groups excluding carboxylic acids is 2. The predicted molar refractivity (Wildman–Crippen MR) is 78.1 cm³/mol. The van der Waals surface area contributed by atoms with Crippen molar-refractivity contribution in [1.82, 2.24) is 4.90 Å². The Morgan fingerprint density at radius 1 is 1.00 bits per heavy atom. The third kappa shape index (κ3) is 2.18. The lowest BCUT2D eigenvalue weighted by atomic mass is 9.96. The van der Waals surface area contributed by atoms with Crippen LogP contribution in [0.15, 0.2) is 24.3 Å². The Morgan fingerprint density at radius 3 is 2.13 bits per heavy atom. The van der Waals surface area contributed by atoms with E-state index in [0.717, 1.165) is 11.0 Å². The van der Waals surface area contributed by atoms with Gasteiger partial charge >= 0.3 is 0 Å². The van der Waals surface area contributed by atoms with E-state index in [1.54, 1.807) is 0 Å². The molecule has 0 bridgehead atoms. The van der Waals surface area contributed by atoms with Crippen LogP contribution in [0.1, 0.15) is 15.9 Å². The molecule has 9 nitrogen and oxygen atoms in total. The summed E-state index contributed by atoms with van der Waals surface area (Å²) >= 11 is 0. The Hall–Kier alpha value is -3.36. The second kappa shape index (κ2) is 4.83. The van der Waals surface area contributed by atoms with Gasteiger partial charge in [0.25, 0.3) is 17.3 Å². The van der Waals surface area contributed by atoms with Gasteiger partial charge in [-0.3, -0.25) is 34.7 Å². The first-order chi connectivity index (χ1) is 10.8. The first-order valence-corrected chi connectivity index (χ1v) is 6.50. The maximum absolute atomic E-state index is 12.4. The van der Waals surface area contributed by atoms with Gasteiger partial charge in [0.2, 0.25) is 5.91 Å². The molecule has 1 aliphatic heterocycles. The molecule has 0 saturated carbocycles. The van der Waals surface area contributed by atoms with Crippen LogP contribution in [-0.4, -0.2) is 33.6 Å². The van der Waals surface area contributed by atoms with Gasteiger partial charge in [0.05, 0.1) is 21.8 Å². The van der Waals surface area contributed by atoms with E-state index in [9.17, 15) is 29.8 Å². The standard InChI is InChI=1S/C14H9N3O6/c1-15-12(18)5-8-4-9(16(20)21)2-7-3-10(17(22)23)6-11(13(7)8)14(15)19/h2-4,6H,5H2,1H3. The van der Waals surface area contributed by atoms with E-state index in [4.69, 9.17) is 0 Å². The van der Waals surface area contributed by atoms with E-state index >= 15 is 0 Å². The number of hydrogen-bond acceptors (Lipinski definition) is 6. The summed E-state index contributed by atoms with van der Waals surface area (Å²) in [6, 6.07) is 4.65. The van der Waals surface area contributed by atoms with Crippen LogP contribution in [-0.2, 0) is 11.2 Å². The summed E-state index contributed by atoms with van der Waals surface area (Å²) in [5, 5.41) is 22.6. The third-order valence-corrected chi connectivity index (χ3v) is 3.77. The highest BCUT2D eigenvalue weighted by Crippen LogP contribution is 2.34. The highest BCUT2D eigenvalue weighted by atomic mass is 16.6. The zero-order valence-corrected chi connectivity index (χ0v) is 11.8. The predicted octanol–water partition coefficient (Wildman–Crippen LogP) is 1.81. The number of hydrogen-bond donors (Lipinski definition) is 0. The molecule has 0 unspecified atom stereocenters. The normalized spacial score (nSPS) is 14.0. The van der Waals surface area contributed by atoms with Crippen LogP contribution in [0.25, 0.3) is 10.8 Å². The summed E-state index contributed by atoms with van der Waals surface area (Å²) in [6.45, 7) is 0. The lowest BCUT2D eigenvalue weighted by Gasteiger charge is -2.12. The molecule has 0 fully saturated rings. The van der Waals surface area contributed by atoms with Gasteiger partial charge in [-0.2, -0.15) is 0 Å². The van der Waals surface area contributed by atoms with Gasteiger partial charge in [-0.05, 0) is 16.3 Å². The van der Waals surface area contributed by atoms with Crippen molar-refractivity contribution >= 4 is 34.0 Å². The number of likely N-dealkylation sites (N-methyl/N-ethyl adjacent to an activating group) is 1. The summed E-state index contributed by atoms with van der Waals surface area (Å²) in [5.74, 6) is -1.20. The number of nitro groups is 2. The molecule has 0 aromatic heterocycles. The summed E-state index contributed by atoms with van der Waals surface area (Å²) in [4.78, 5) is 46.0. The van der Waals surface area contributed by atoms with Crippen LogP contribution in [0.4, 0.5) is 11.4 Å². The molecule has 3 rings (SSSR count). The highest BCUT2D eigenvalue weighted by molar-refractivity contribution is 6.16. The molecular weight excluding hydrogens is 306 g/mol. The highest BCUT2D eigenvalue weighted by Gasteiger charge is 2.30. The molecule has 0 N–H and O–H groups in total. The molecule has 2 aromatic rings. The first kappa shape index (κ1) is 14.6. The van der Waals surface area contributed by atoms with Crippen molar-refractivity contribution in [2.75, 3.05) is 7.05 Å². The topological polar surface area (TPSA) is 124 Å². The summed E-state index contributed by atoms with van der Waals surface area (Å²) in [6.07, 6.45) is -0.189. The van der Waals surface area contributed by atoms with E-state index in [1.165, 1.54) is 25.2 Å². The van der Waals surface area contributed by atoms with E-state index in [0.29, 0.717) is 10.9 Å². The second-order valence-electron chi connectivity index (χ2n) is 5.15. The van der Waals surface area contributed by atoms with Crippen molar-refractivity contribution in [2.45, 2.75) is 6.42 Å². The van der Waals surface area contributed by atoms with Crippen molar-refractivity contribution in [3.8, 4) is 0 Å². The second-order valence-corrected chi connectivity index (χ2v) is 5.15. The molecule has 0 spiro atoms. The van der Waals surface area contributed by atoms with Gasteiger partial charge in [0, 0.05) is 31.3 Å². The van der Waals surface area contributed by atoms with Crippen molar-refractivity contribution in [3.05, 3.63) is 55.6 Å². The first-order valence-electron chi connectivity index (χ1n) is 6.50. The third-order valence-electron chi connectivity index (χ3n) is 3.77. The van der Waals surface area contributed by atoms with Gasteiger partial charge in [0.15, 0.2) is 0 Å². The fraction of sp³-hybridized carbons (Fsp3) is 0.143. The fourth-order valence-corrected chi connectivity index (χ4v) is 2.67. The number of nitrogens with zero attached hydrogens (tertiary/aromatic N) is 3. The largest absolute Gasteiger partial charge is 0.281 e. The average molecular weight is 315 g/mol. The van der Waals surface area contributed by atoms with Crippen molar-refractivity contribution < 1.29 is 19.4 Å². The molecule has 1 heterocycles. The molecule has 1 aliphatic rings. The maximum Gasteiger partial charge on any atom is 0.270 e. The molecule has 2 amide bonds. The zero-order valence-electron chi connectivity index (χ0n) is 11.8. The zero-order chi connectivity index (χ0) is 16.9. The van der Waals surface area contributed by atoms with Gasteiger partial charge in [-0.25, -0.2) is 0 Å². The molecule has 0 atom stereocenters. The van der Waals surface area contributed by atoms with Crippen LogP contribution in [0, 0.1) is 20.2 Å². The van der Waals surface area contributed by atoms with E-state index in [2.05, 4.69) is 0 Å². The van der Waals surface area contributed by atoms with Crippen molar-refractivity contribution in [2.24, 2.45) is 0 Å². The summed E-state index contributed by atoms with van der Waals surface area (Å²) in [7, 11) is 1.27. The number of nitro benzene ring substituents is 2. The monoisotopic (exact) mass is 315 g/mol. The Bertz CT molecular complexity index is 915. The Kier molecular flexibility index (Phi) is 3.06. The minimum Gasteiger partial charge on any atom is -0.281 e. The van der Waals surface area contributed by atoms with Crippen molar-refractivity contribution in [3.63, 3.8) is 0 Å². The smallest absolute Gasteiger partial charge is 0.270 e. The fourth-order valence-electron chi connectivity index (χ4n) is 2.67. The number of non-ortho nitro benzene ring substituents is 2. The Labute approximate surface area is 128 Å². The van der Waals surface area contributed by atoms with Crippen LogP contribution >= 0.6 is 0 Å². The lowest BCUT2D eigenvalue weighted by molar-refractivity contribution is -0.385.